The van der Waals surface area contributed by atoms with Crippen LogP contribution in [0.4, 0.5) is 4.39 Å². The monoisotopic (exact) mass is 311 g/mol. The van der Waals surface area contributed by atoms with Crippen LogP contribution in [0.25, 0.3) is 0 Å². The van der Waals surface area contributed by atoms with Crippen LogP contribution < -0.4 is 10.6 Å². The molecule has 4 rings (SSSR count). The van der Waals surface area contributed by atoms with Gasteiger partial charge in [0, 0.05) is 18.3 Å². The van der Waals surface area contributed by atoms with Gasteiger partial charge < -0.3 is 15.5 Å². The highest BCUT2D eigenvalue weighted by atomic mass is 19.1. The predicted molar refractivity (Wildman–Crippen MR) is 85.0 cm³/mol. The number of carbonyl (C=O) groups excluding carboxylic acids is 1. The van der Waals surface area contributed by atoms with Crippen molar-refractivity contribution in [3.63, 3.8) is 0 Å². The lowest BCUT2D eigenvalue weighted by molar-refractivity contribution is -0.118. The molecule has 1 aliphatic carbocycles. The Morgan fingerprint density at radius 1 is 1.30 bits per heavy atom. The summed E-state index contributed by atoms with van der Waals surface area (Å²) in [5.41, 5.74) is 1.94. The van der Waals surface area contributed by atoms with Gasteiger partial charge in [-0.1, -0.05) is 24.3 Å². The molecule has 2 heterocycles. The number of nitrogens with zero attached hydrogens (tertiary/aromatic N) is 1. The van der Waals surface area contributed by atoms with Crippen molar-refractivity contribution in [3.05, 3.63) is 71.5 Å². The fourth-order valence-electron chi connectivity index (χ4n) is 3.05. The summed E-state index contributed by atoms with van der Waals surface area (Å²) in [5.74, 6) is 0.0807. The second-order valence-corrected chi connectivity index (χ2v) is 6.07. The van der Waals surface area contributed by atoms with Gasteiger partial charge in [-0.2, -0.15) is 0 Å². The molecule has 5 heteroatoms. The fraction of sp³-hybridized carbons (Fsp3) is 0.278. The van der Waals surface area contributed by atoms with E-state index in [0.717, 1.165) is 5.70 Å². The quantitative estimate of drug-likeness (QED) is 0.897. The van der Waals surface area contributed by atoms with E-state index < -0.39 is 0 Å². The number of benzene rings is 1. The van der Waals surface area contributed by atoms with Crippen LogP contribution in [0, 0.1) is 11.7 Å². The van der Waals surface area contributed by atoms with E-state index in [0.29, 0.717) is 17.2 Å². The van der Waals surface area contributed by atoms with Crippen LogP contribution in [0.15, 0.2) is 60.1 Å². The Kier molecular flexibility index (Phi) is 3.41. The van der Waals surface area contributed by atoms with Crippen LogP contribution in [0.2, 0.25) is 0 Å². The Morgan fingerprint density at radius 3 is 2.91 bits per heavy atom. The van der Waals surface area contributed by atoms with Gasteiger partial charge in [0.15, 0.2) is 0 Å². The van der Waals surface area contributed by atoms with Gasteiger partial charge in [-0.15, -0.1) is 0 Å². The number of nitrogens with one attached hydrogen (secondary N) is 2. The molecular formula is C18H18FN3O. The highest BCUT2D eigenvalue weighted by Gasteiger charge is 2.42. The third kappa shape index (κ3) is 2.63. The number of hydrogen-bond donors (Lipinski definition) is 2. The van der Waals surface area contributed by atoms with Crippen LogP contribution in [-0.2, 0) is 11.3 Å². The third-order valence-corrected chi connectivity index (χ3v) is 4.43. The van der Waals surface area contributed by atoms with Crippen LogP contribution in [0.1, 0.15) is 18.4 Å². The highest BCUT2D eigenvalue weighted by Crippen LogP contribution is 2.40. The Hall–Kier alpha value is -2.56. The van der Waals surface area contributed by atoms with Crippen LogP contribution >= 0.6 is 0 Å². The van der Waals surface area contributed by atoms with Crippen molar-refractivity contribution in [2.24, 2.45) is 5.92 Å². The molecule has 1 aromatic rings. The van der Waals surface area contributed by atoms with Crippen molar-refractivity contribution in [2.45, 2.75) is 25.6 Å². The minimum Gasteiger partial charge on any atom is -0.358 e. The summed E-state index contributed by atoms with van der Waals surface area (Å²) in [6.45, 7) is 0.178. The molecule has 0 saturated heterocycles. The topological polar surface area (TPSA) is 44.4 Å². The highest BCUT2D eigenvalue weighted by molar-refractivity contribution is 5.94. The van der Waals surface area contributed by atoms with E-state index in [1.165, 1.54) is 18.9 Å². The molecule has 2 N–H and O–H groups in total. The van der Waals surface area contributed by atoms with Crippen molar-refractivity contribution in [1.29, 1.82) is 0 Å². The lowest BCUT2D eigenvalue weighted by Crippen LogP contribution is -2.38. The SMILES string of the molecule is O=C(NCc1ccccc1F)C1=C2C=CC=CN2C(C2CC2)N1. The van der Waals surface area contributed by atoms with Crippen molar-refractivity contribution >= 4 is 5.91 Å². The van der Waals surface area contributed by atoms with E-state index in [2.05, 4.69) is 15.5 Å². The first-order chi connectivity index (χ1) is 11.2. The molecule has 23 heavy (non-hydrogen) atoms. The molecule has 1 fully saturated rings. The summed E-state index contributed by atoms with van der Waals surface area (Å²) >= 11 is 0. The van der Waals surface area contributed by atoms with E-state index in [9.17, 15) is 9.18 Å². The van der Waals surface area contributed by atoms with Crippen molar-refractivity contribution < 1.29 is 9.18 Å². The zero-order valence-corrected chi connectivity index (χ0v) is 12.6. The Morgan fingerprint density at radius 2 is 2.13 bits per heavy atom. The minimum absolute atomic E-state index is 0.153. The van der Waals surface area contributed by atoms with E-state index in [4.69, 9.17) is 0 Å². The molecule has 1 amide bonds. The average Bonchev–Trinajstić information content (AvgIpc) is 3.34. The fourth-order valence-corrected chi connectivity index (χ4v) is 3.05. The molecule has 2 aliphatic heterocycles. The average molecular weight is 311 g/mol. The number of halogens is 1. The molecular weight excluding hydrogens is 293 g/mol. The Bertz CT molecular complexity index is 734. The molecule has 3 aliphatic rings. The van der Waals surface area contributed by atoms with E-state index in [-0.39, 0.29) is 24.4 Å². The van der Waals surface area contributed by atoms with Gasteiger partial charge in [0.25, 0.3) is 5.91 Å². The summed E-state index contributed by atoms with van der Waals surface area (Å²) in [4.78, 5) is 14.7. The maximum Gasteiger partial charge on any atom is 0.269 e. The molecule has 0 aromatic heterocycles. The number of rotatable bonds is 4. The second-order valence-electron chi connectivity index (χ2n) is 6.07. The summed E-state index contributed by atoms with van der Waals surface area (Å²) in [7, 11) is 0. The summed E-state index contributed by atoms with van der Waals surface area (Å²) in [5, 5.41) is 6.15. The molecule has 1 aromatic carbocycles. The molecule has 0 radical (unpaired) electrons. The summed E-state index contributed by atoms with van der Waals surface area (Å²) < 4.78 is 13.7. The number of hydrogen-bond acceptors (Lipinski definition) is 3. The molecule has 4 nitrogen and oxygen atoms in total. The number of fused-ring (bicyclic) bond motifs is 1. The third-order valence-electron chi connectivity index (χ3n) is 4.43. The maximum atomic E-state index is 13.7. The van der Waals surface area contributed by atoms with Crippen LogP contribution in [-0.4, -0.2) is 17.0 Å². The second kappa shape index (κ2) is 5.57. The lowest BCUT2D eigenvalue weighted by atomic mass is 10.2. The molecule has 0 bridgehead atoms. The first kappa shape index (κ1) is 14.1. The maximum absolute atomic E-state index is 13.7. The largest absolute Gasteiger partial charge is 0.358 e. The molecule has 118 valence electrons. The Balaban J connectivity index is 1.50. The zero-order valence-electron chi connectivity index (χ0n) is 12.6. The van der Waals surface area contributed by atoms with Crippen LogP contribution in [0.3, 0.4) is 0 Å². The van der Waals surface area contributed by atoms with Gasteiger partial charge in [0.05, 0.1) is 5.70 Å². The standard InChI is InChI=1S/C18H18FN3O/c19-14-6-2-1-5-13(14)11-20-18(23)16-15-7-3-4-10-22(15)17(21-16)12-8-9-12/h1-7,10,12,17,21H,8-9,11H2,(H,20,23). The first-order valence-corrected chi connectivity index (χ1v) is 7.89. The number of allylic oxidation sites excluding steroid dienone is 3. The molecule has 1 unspecified atom stereocenters. The van der Waals surface area contributed by atoms with Gasteiger partial charge in [0.1, 0.15) is 17.7 Å². The van der Waals surface area contributed by atoms with Gasteiger partial charge in [-0.05, 0) is 37.0 Å². The molecule has 0 spiro atoms. The molecule has 1 saturated carbocycles. The summed E-state index contributed by atoms with van der Waals surface area (Å²) in [6.07, 6.45) is 10.4. The lowest BCUT2D eigenvalue weighted by Gasteiger charge is -2.25. The molecule has 1 atom stereocenters. The zero-order chi connectivity index (χ0) is 15.8. The first-order valence-electron chi connectivity index (χ1n) is 7.89. The predicted octanol–water partition coefficient (Wildman–Crippen LogP) is 2.38. The van der Waals surface area contributed by atoms with Gasteiger partial charge in [-0.25, -0.2) is 4.39 Å². The van der Waals surface area contributed by atoms with E-state index in [1.807, 2.05) is 24.4 Å². The number of carbonyl (C=O) groups is 1. The van der Waals surface area contributed by atoms with Gasteiger partial charge in [-0.3, -0.25) is 4.79 Å². The van der Waals surface area contributed by atoms with Crippen molar-refractivity contribution in [2.75, 3.05) is 0 Å². The van der Waals surface area contributed by atoms with Gasteiger partial charge in [0.2, 0.25) is 0 Å². The summed E-state index contributed by atoms with van der Waals surface area (Å²) in [6, 6.07) is 6.48. The van der Waals surface area contributed by atoms with Crippen molar-refractivity contribution in [1.82, 2.24) is 15.5 Å². The minimum atomic E-state index is -0.303. The van der Waals surface area contributed by atoms with E-state index >= 15 is 0 Å². The number of amides is 1. The van der Waals surface area contributed by atoms with Crippen molar-refractivity contribution in [3.8, 4) is 0 Å². The normalized spacial score (nSPS) is 22.1. The van der Waals surface area contributed by atoms with Crippen LogP contribution in [0.5, 0.6) is 0 Å². The van der Waals surface area contributed by atoms with E-state index in [1.54, 1.807) is 18.2 Å². The Labute approximate surface area is 134 Å². The smallest absolute Gasteiger partial charge is 0.269 e. The van der Waals surface area contributed by atoms with Gasteiger partial charge >= 0.3 is 0 Å².